The Labute approximate surface area is 206 Å². The van der Waals surface area contributed by atoms with Gasteiger partial charge in [0.2, 0.25) is 5.91 Å². The maximum atomic E-state index is 13.1. The summed E-state index contributed by atoms with van der Waals surface area (Å²) >= 11 is 5.99. The van der Waals surface area contributed by atoms with Crippen LogP contribution in [-0.2, 0) is 19.1 Å². The van der Waals surface area contributed by atoms with Gasteiger partial charge in [-0.3, -0.25) is 9.59 Å². The van der Waals surface area contributed by atoms with E-state index in [0.29, 0.717) is 28.5 Å². The predicted octanol–water partition coefficient (Wildman–Crippen LogP) is 4.33. The lowest BCUT2D eigenvalue weighted by atomic mass is 10.0. The molecule has 0 spiro atoms. The summed E-state index contributed by atoms with van der Waals surface area (Å²) < 4.78 is 10.8. The molecule has 0 radical (unpaired) electrons. The van der Waals surface area contributed by atoms with Crippen molar-refractivity contribution in [3.8, 4) is 0 Å². The molecule has 35 heavy (non-hydrogen) atoms. The number of hydrogen-bond donors (Lipinski definition) is 1. The van der Waals surface area contributed by atoms with Crippen molar-refractivity contribution >= 4 is 41.2 Å². The fourth-order valence-electron chi connectivity index (χ4n) is 3.58. The van der Waals surface area contributed by atoms with E-state index in [1.165, 1.54) is 24.3 Å². The van der Waals surface area contributed by atoms with Gasteiger partial charge in [-0.05, 0) is 41.5 Å². The number of esters is 1. The Balaban J connectivity index is 1.51. The van der Waals surface area contributed by atoms with Crippen LogP contribution in [0.5, 0.6) is 0 Å². The standard InChI is InChI=1S/C26H22ClN3O5/c1-17(31)28-22(14-18-6-3-2-4-7-18)26(33)35-16-25(32)30-23(24-8-5-13-34-24)15-21(29-30)19-9-11-20(27)12-10-19/h2-14,23H,15-16H2,1H3,(H,28,31)/b22-14-. The summed E-state index contributed by atoms with van der Waals surface area (Å²) in [5, 5.41) is 8.79. The minimum atomic E-state index is -0.840. The summed E-state index contributed by atoms with van der Waals surface area (Å²) in [6.07, 6.45) is 3.42. The fraction of sp³-hybridized carbons (Fsp3) is 0.154. The third-order valence-electron chi connectivity index (χ3n) is 5.18. The average molecular weight is 492 g/mol. The summed E-state index contributed by atoms with van der Waals surface area (Å²) in [5.74, 6) is -1.26. The Morgan fingerprint density at radius 3 is 2.51 bits per heavy atom. The van der Waals surface area contributed by atoms with Crippen LogP contribution in [0.1, 0.15) is 36.3 Å². The first-order chi connectivity index (χ1) is 16.9. The molecule has 1 aliphatic heterocycles. The van der Waals surface area contributed by atoms with Crippen LogP contribution in [0, 0.1) is 0 Å². The number of hydrogen-bond acceptors (Lipinski definition) is 6. The van der Waals surface area contributed by atoms with Gasteiger partial charge < -0.3 is 14.5 Å². The molecule has 0 fully saturated rings. The highest BCUT2D eigenvalue weighted by atomic mass is 35.5. The molecule has 2 amide bonds. The number of hydrazone groups is 1. The zero-order chi connectivity index (χ0) is 24.8. The second-order valence-corrected chi connectivity index (χ2v) is 8.19. The van der Waals surface area contributed by atoms with Crippen LogP contribution in [-0.4, -0.2) is 35.1 Å². The van der Waals surface area contributed by atoms with E-state index in [4.69, 9.17) is 20.8 Å². The molecule has 1 aromatic heterocycles. The molecule has 9 heteroatoms. The van der Waals surface area contributed by atoms with Crippen LogP contribution in [0.15, 0.2) is 88.2 Å². The largest absolute Gasteiger partial charge is 0.467 e. The van der Waals surface area contributed by atoms with Crippen LogP contribution >= 0.6 is 11.6 Å². The molecule has 1 N–H and O–H groups in total. The van der Waals surface area contributed by atoms with Crippen molar-refractivity contribution < 1.29 is 23.5 Å². The Morgan fingerprint density at radius 2 is 1.86 bits per heavy atom. The number of carbonyl (C=O) groups is 3. The molecular formula is C26H22ClN3O5. The zero-order valence-electron chi connectivity index (χ0n) is 18.8. The summed E-state index contributed by atoms with van der Waals surface area (Å²) in [4.78, 5) is 37.3. The lowest BCUT2D eigenvalue weighted by molar-refractivity contribution is -0.150. The van der Waals surface area contributed by atoms with Gasteiger partial charge in [0.05, 0.1) is 12.0 Å². The van der Waals surface area contributed by atoms with Gasteiger partial charge in [-0.25, -0.2) is 9.80 Å². The first kappa shape index (κ1) is 24.0. The molecule has 2 heterocycles. The third-order valence-corrected chi connectivity index (χ3v) is 5.43. The molecule has 1 aliphatic rings. The van der Waals surface area contributed by atoms with Crippen molar-refractivity contribution in [1.82, 2.24) is 10.3 Å². The molecule has 0 saturated carbocycles. The number of rotatable bonds is 7. The van der Waals surface area contributed by atoms with Crippen LogP contribution in [0.2, 0.25) is 5.02 Å². The third kappa shape index (κ3) is 6.04. The van der Waals surface area contributed by atoms with Gasteiger partial charge >= 0.3 is 5.97 Å². The van der Waals surface area contributed by atoms with Crippen LogP contribution in [0.3, 0.4) is 0 Å². The molecule has 4 rings (SSSR count). The highest BCUT2D eigenvalue weighted by molar-refractivity contribution is 6.30. The van der Waals surface area contributed by atoms with E-state index in [1.54, 1.807) is 48.5 Å². The highest BCUT2D eigenvalue weighted by Gasteiger charge is 2.35. The second-order valence-electron chi connectivity index (χ2n) is 7.75. The van der Waals surface area contributed by atoms with Gasteiger partial charge in [0.1, 0.15) is 17.5 Å². The first-order valence-corrected chi connectivity index (χ1v) is 11.2. The van der Waals surface area contributed by atoms with E-state index in [-0.39, 0.29) is 5.70 Å². The molecule has 2 aromatic carbocycles. The van der Waals surface area contributed by atoms with E-state index in [0.717, 1.165) is 5.56 Å². The highest BCUT2D eigenvalue weighted by Crippen LogP contribution is 2.33. The van der Waals surface area contributed by atoms with Crippen molar-refractivity contribution in [3.63, 3.8) is 0 Å². The number of carbonyl (C=O) groups excluding carboxylic acids is 3. The quantitative estimate of drug-likeness (QED) is 0.391. The van der Waals surface area contributed by atoms with Gasteiger partial charge in [-0.2, -0.15) is 5.10 Å². The van der Waals surface area contributed by atoms with E-state index in [1.807, 2.05) is 18.2 Å². The zero-order valence-corrected chi connectivity index (χ0v) is 19.6. The van der Waals surface area contributed by atoms with Gasteiger partial charge in [0.25, 0.3) is 5.91 Å². The molecule has 1 atom stereocenters. The van der Waals surface area contributed by atoms with Crippen molar-refractivity contribution in [2.24, 2.45) is 5.10 Å². The summed E-state index contributed by atoms with van der Waals surface area (Å²) in [6, 6.07) is 19.1. The lowest BCUT2D eigenvalue weighted by Gasteiger charge is -2.19. The molecule has 0 saturated heterocycles. The number of ether oxygens (including phenoxy) is 1. The summed E-state index contributed by atoms with van der Waals surface area (Å²) in [7, 11) is 0. The monoisotopic (exact) mass is 491 g/mol. The number of nitrogens with one attached hydrogen (secondary N) is 1. The number of furan rings is 1. The van der Waals surface area contributed by atoms with Crippen molar-refractivity contribution in [3.05, 3.63) is 101 Å². The Hall–Kier alpha value is -4.17. The fourth-order valence-corrected chi connectivity index (χ4v) is 3.71. The van der Waals surface area contributed by atoms with Crippen LogP contribution in [0.25, 0.3) is 6.08 Å². The molecular weight excluding hydrogens is 470 g/mol. The van der Waals surface area contributed by atoms with E-state index in [9.17, 15) is 14.4 Å². The SMILES string of the molecule is CC(=O)N/C(=C\c1ccccc1)C(=O)OCC(=O)N1N=C(c2ccc(Cl)cc2)CC1c1ccco1. The van der Waals surface area contributed by atoms with Gasteiger partial charge in [-0.1, -0.05) is 54.1 Å². The Bertz CT molecular complexity index is 1270. The van der Waals surface area contributed by atoms with Gasteiger partial charge in [-0.15, -0.1) is 0 Å². The second kappa shape index (κ2) is 10.8. The molecule has 178 valence electrons. The number of halogens is 1. The Kier molecular flexibility index (Phi) is 7.42. The molecule has 8 nitrogen and oxygen atoms in total. The molecule has 3 aromatic rings. The summed E-state index contributed by atoms with van der Waals surface area (Å²) in [6.45, 7) is 0.710. The van der Waals surface area contributed by atoms with E-state index < -0.39 is 30.4 Å². The topological polar surface area (TPSA) is 101 Å². The number of benzene rings is 2. The maximum Gasteiger partial charge on any atom is 0.355 e. The Morgan fingerprint density at radius 1 is 1.11 bits per heavy atom. The smallest absolute Gasteiger partial charge is 0.355 e. The summed E-state index contributed by atoms with van der Waals surface area (Å²) in [5.41, 5.74) is 2.10. The number of amides is 2. The lowest BCUT2D eigenvalue weighted by Crippen LogP contribution is -2.33. The normalized spacial score (nSPS) is 15.5. The minimum absolute atomic E-state index is 0.0779. The minimum Gasteiger partial charge on any atom is -0.467 e. The average Bonchev–Trinajstić information content (AvgIpc) is 3.53. The van der Waals surface area contributed by atoms with E-state index >= 15 is 0 Å². The van der Waals surface area contributed by atoms with Crippen molar-refractivity contribution in [2.45, 2.75) is 19.4 Å². The van der Waals surface area contributed by atoms with E-state index in [2.05, 4.69) is 10.4 Å². The molecule has 1 unspecified atom stereocenters. The predicted molar refractivity (Wildman–Crippen MR) is 130 cm³/mol. The van der Waals surface area contributed by atoms with Crippen molar-refractivity contribution in [2.75, 3.05) is 6.61 Å². The molecule has 0 bridgehead atoms. The first-order valence-electron chi connectivity index (χ1n) is 10.8. The molecule has 0 aliphatic carbocycles. The van der Waals surface area contributed by atoms with Gasteiger partial charge in [0.15, 0.2) is 6.61 Å². The van der Waals surface area contributed by atoms with Crippen LogP contribution in [0.4, 0.5) is 0 Å². The maximum absolute atomic E-state index is 13.1. The van der Waals surface area contributed by atoms with Gasteiger partial charge in [0, 0.05) is 18.4 Å². The van der Waals surface area contributed by atoms with Crippen molar-refractivity contribution in [1.29, 1.82) is 0 Å². The number of nitrogens with zero attached hydrogens (tertiary/aromatic N) is 2. The van der Waals surface area contributed by atoms with Crippen LogP contribution < -0.4 is 5.32 Å².